The molecule has 0 saturated carbocycles. The number of carbonyl (C=O) groups is 2. The molecule has 8 heteroatoms. The van der Waals surface area contributed by atoms with Crippen molar-refractivity contribution in [3.63, 3.8) is 0 Å². The molecule has 2 aromatic rings. The van der Waals surface area contributed by atoms with Crippen molar-refractivity contribution in [3.05, 3.63) is 63.2 Å². The summed E-state index contributed by atoms with van der Waals surface area (Å²) in [6.45, 7) is 0.374. The molecule has 7 nitrogen and oxygen atoms in total. The van der Waals surface area contributed by atoms with Crippen LogP contribution < -0.4 is 10.2 Å². The Morgan fingerprint density at radius 2 is 1.72 bits per heavy atom. The summed E-state index contributed by atoms with van der Waals surface area (Å²) in [7, 11) is 0. The third-order valence-corrected chi connectivity index (χ3v) is 4.14. The number of nitro benzene ring substituents is 1. The first-order chi connectivity index (χ1) is 12.0. The van der Waals surface area contributed by atoms with Gasteiger partial charge in [0.2, 0.25) is 11.8 Å². The maximum atomic E-state index is 11.8. The van der Waals surface area contributed by atoms with Crippen LogP contribution in [0.15, 0.2) is 42.5 Å². The molecule has 25 heavy (non-hydrogen) atoms. The smallest absolute Gasteiger partial charge is 0.294 e. The number of carbonyl (C=O) groups excluding carboxylic acids is 2. The zero-order chi connectivity index (χ0) is 18.0. The van der Waals surface area contributed by atoms with Crippen molar-refractivity contribution in [3.8, 4) is 0 Å². The number of nitrogens with one attached hydrogen (secondary N) is 1. The Labute approximate surface area is 148 Å². The van der Waals surface area contributed by atoms with Crippen LogP contribution in [0.5, 0.6) is 0 Å². The van der Waals surface area contributed by atoms with E-state index >= 15 is 0 Å². The van der Waals surface area contributed by atoms with Crippen molar-refractivity contribution >= 4 is 40.5 Å². The van der Waals surface area contributed by atoms with Gasteiger partial charge in [-0.15, -0.1) is 0 Å². The van der Waals surface area contributed by atoms with E-state index in [0.29, 0.717) is 17.3 Å². The molecule has 1 aliphatic heterocycles. The number of rotatable bonds is 5. The van der Waals surface area contributed by atoms with Gasteiger partial charge < -0.3 is 5.32 Å². The van der Waals surface area contributed by atoms with E-state index in [1.807, 2.05) is 12.1 Å². The maximum absolute atomic E-state index is 11.8. The minimum absolute atomic E-state index is 0.128. The van der Waals surface area contributed by atoms with Gasteiger partial charge in [0.25, 0.3) is 5.69 Å². The standard InChI is InChI=1S/C17H14ClN3O4/c18-12-3-1-11(2-4-12)10-19-14-6-5-13(9-15(14)21(24)25)20-16(22)7-8-17(20)23/h1-6,9,19H,7-8,10H2. The fourth-order valence-corrected chi connectivity index (χ4v) is 2.75. The molecular weight excluding hydrogens is 346 g/mol. The van der Waals surface area contributed by atoms with Crippen LogP contribution in [-0.2, 0) is 16.1 Å². The van der Waals surface area contributed by atoms with Gasteiger partial charge in [-0.2, -0.15) is 0 Å². The molecule has 3 rings (SSSR count). The van der Waals surface area contributed by atoms with Gasteiger partial charge in [0.05, 0.1) is 10.6 Å². The first-order valence-corrected chi connectivity index (χ1v) is 7.96. The summed E-state index contributed by atoms with van der Waals surface area (Å²) in [6, 6.07) is 11.4. The van der Waals surface area contributed by atoms with Crippen LogP contribution >= 0.6 is 11.6 Å². The van der Waals surface area contributed by atoms with Crippen molar-refractivity contribution in [2.75, 3.05) is 10.2 Å². The monoisotopic (exact) mass is 359 g/mol. The van der Waals surface area contributed by atoms with Crippen LogP contribution in [0.2, 0.25) is 5.02 Å². The summed E-state index contributed by atoms with van der Waals surface area (Å²) in [5, 5.41) is 15.0. The molecule has 0 atom stereocenters. The number of nitro groups is 1. The zero-order valence-electron chi connectivity index (χ0n) is 13.1. The highest BCUT2D eigenvalue weighted by molar-refractivity contribution is 6.30. The molecule has 0 bridgehead atoms. The molecule has 0 aliphatic carbocycles. The third-order valence-electron chi connectivity index (χ3n) is 3.88. The molecule has 1 saturated heterocycles. The van der Waals surface area contributed by atoms with E-state index in [1.54, 1.807) is 12.1 Å². The summed E-state index contributed by atoms with van der Waals surface area (Å²) in [4.78, 5) is 35.4. The zero-order valence-corrected chi connectivity index (χ0v) is 13.8. The maximum Gasteiger partial charge on any atom is 0.294 e. The number of halogens is 1. The van der Waals surface area contributed by atoms with Crippen LogP contribution in [-0.4, -0.2) is 16.7 Å². The Bertz CT molecular complexity index is 835. The van der Waals surface area contributed by atoms with Gasteiger partial charge >= 0.3 is 0 Å². The quantitative estimate of drug-likeness (QED) is 0.501. The highest BCUT2D eigenvalue weighted by atomic mass is 35.5. The number of hydrogen-bond donors (Lipinski definition) is 1. The fraction of sp³-hybridized carbons (Fsp3) is 0.176. The number of nitrogens with zero attached hydrogens (tertiary/aromatic N) is 2. The third kappa shape index (κ3) is 3.61. The highest BCUT2D eigenvalue weighted by Crippen LogP contribution is 2.32. The molecule has 2 amide bonds. The molecule has 2 aromatic carbocycles. The first kappa shape index (κ1) is 16.9. The average molecular weight is 360 g/mol. The highest BCUT2D eigenvalue weighted by Gasteiger charge is 2.31. The number of amides is 2. The van der Waals surface area contributed by atoms with Crippen LogP contribution in [0.4, 0.5) is 17.1 Å². The van der Waals surface area contributed by atoms with Crippen molar-refractivity contribution < 1.29 is 14.5 Å². The van der Waals surface area contributed by atoms with Gasteiger partial charge in [-0.25, -0.2) is 0 Å². The van der Waals surface area contributed by atoms with E-state index in [9.17, 15) is 19.7 Å². The predicted molar refractivity (Wildman–Crippen MR) is 93.6 cm³/mol. The number of hydrogen-bond acceptors (Lipinski definition) is 5. The van der Waals surface area contributed by atoms with E-state index in [4.69, 9.17) is 11.6 Å². The predicted octanol–water partition coefficient (Wildman–Crippen LogP) is 3.51. The van der Waals surface area contributed by atoms with Crippen LogP contribution in [0, 0.1) is 10.1 Å². The average Bonchev–Trinajstić information content (AvgIpc) is 2.93. The van der Waals surface area contributed by atoms with Gasteiger partial charge in [-0.1, -0.05) is 23.7 Å². The number of benzene rings is 2. The summed E-state index contributed by atoms with van der Waals surface area (Å²) < 4.78 is 0. The van der Waals surface area contributed by atoms with E-state index in [1.165, 1.54) is 18.2 Å². The Hall–Kier alpha value is -2.93. The minimum atomic E-state index is -0.543. The lowest BCUT2D eigenvalue weighted by Crippen LogP contribution is -2.28. The second kappa shape index (κ2) is 6.90. The summed E-state index contributed by atoms with van der Waals surface area (Å²) >= 11 is 5.83. The second-order valence-corrected chi connectivity index (χ2v) is 6.00. The van der Waals surface area contributed by atoms with E-state index in [0.717, 1.165) is 10.5 Å². The van der Waals surface area contributed by atoms with Crippen molar-refractivity contribution in [1.29, 1.82) is 0 Å². The first-order valence-electron chi connectivity index (χ1n) is 7.58. The summed E-state index contributed by atoms with van der Waals surface area (Å²) in [5.41, 5.74) is 1.24. The molecule has 1 aliphatic rings. The molecule has 0 spiro atoms. The molecule has 1 N–H and O–H groups in total. The van der Waals surface area contributed by atoms with Gasteiger partial charge in [-0.05, 0) is 29.8 Å². The van der Waals surface area contributed by atoms with Crippen LogP contribution in [0.3, 0.4) is 0 Å². The van der Waals surface area contributed by atoms with Crippen molar-refractivity contribution in [2.45, 2.75) is 19.4 Å². The van der Waals surface area contributed by atoms with Gasteiger partial charge in [0, 0.05) is 30.5 Å². The Balaban J connectivity index is 1.84. The van der Waals surface area contributed by atoms with Crippen LogP contribution in [0.1, 0.15) is 18.4 Å². The van der Waals surface area contributed by atoms with E-state index in [2.05, 4.69) is 5.32 Å². The topological polar surface area (TPSA) is 92.6 Å². The number of anilines is 2. The van der Waals surface area contributed by atoms with E-state index < -0.39 is 4.92 Å². The van der Waals surface area contributed by atoms with Crippen molar-refractivity contribution in [2.24, 2.45) is 0 Å². The minimum Gasteiger partial charge on any atom is -0.375 e. The fourth-order valence-electron chi connectivity index (χ4n) is 2.62. The van der Waals surface area contributed by atoms with Crippen molar-refractivity contribution in [1.82, 2.24) is 0 Å². The Morgan fingerprint density at radius 3 is 2.32 bits per heavy atom. The molecule has 0 radical (unpaired) electrons. The lowest BCUT2D eigenvalue weighted by molar-refractivity contribution is -0.383. The Morgan fingerprint density at radius 1 is 1.08 bits per heavy atom. The normalized spacial score (nSPS) is 14.0. The molecule has 1 heterocycles. The van der Waals surface area contributed by atoms with Crippen LogP contribution in [0.25, 0.3) is 0 Å². The molecule has 0 aromatic heterocycles. The van der Waals surface area contributed by atoms with Gasteiger partial charge in [-0.3, -0.25) is 24.6 Å². The lowest BCUT2D eigenvalue weighted by atomic mass is 10.2. The summed E-state index contributed by atoms with van der Waals surface area (Å²) in [5.74, 6) is -0.692. The Kier molecular flexibility index (Phi) is 4.67. The SMILES string of the molecule is O=C1CCC(=O)N1c1ccc(NCc2ccc(Cl)cc2)c([N+](=O)[O-])c1. The molecule has 128 valence electrons. The van der Waals surface area contributed by atoms with Gasteiger partial charge in [0.1, 0.15) is 5.69 Å². The molecular formula is C17H14ClN3O4. The van der Waals surface area contributed by atoms with Gasteiger partial charge in [0.15, 0.2) is 0 Å². The summed E-state index contributed by atoms with van der Waals surface area (Å²) in [6.07, 6.45) is 0.256. The second-order valence-electron chi connectivity index (χ2n) is 5.56. The number of imide groups is 1. The lowest BCUT2D eigenvalue weighted by Gasteiger charge is -2.15. The molecule has 1 fully saturated rings. The largest absolute Gasteiger partial charge is 0.375 e. The van der Waals surface area contributed by atoms with E-state index in [-0.39, 0.29) is 36.0 Å². The molecule has 0 unspecified atom stereocenters.